The van der Waals surface area contributed by atoms with Gasteiger partial charge in [-0.2, -0.15) is 0 Å². The molecule has 2 unspecified atom stereocenters. The number of benzene rings is 1. The zero-order chi connectivity index (χ0) is 12.7. The Balaban J connectivity index is 2.80. The van der Waals surface area contributed by atoms with Crippen molar-refractivity contribution < 1.29 is 4.74 Å². The minimum absolute atomic E-state index is 0.0508. The molecule has 0 amide bonds. The molecule has 0 fully saturated rings. The molecule has 0 heterocycles. The maximum atomic E-state index is 5.62. The summed E-state index contributed by atoms with van der Waals surface area (Å²) in [5.74, 6) is 5.62. The molecule has 3 heteroatoms. The Morgan fingerprint density at radius 1 is 1.41 bits per heavy atom. The highest BCUT2D eigenvalue weighted by atomic mass is 16.5. The Morgan fingerprint density at radius 3 is 2.53 bits per heavy atom. The molecule has 0 aliphatic carbocycles. The van der Waals surface area contributed by atoms with Gasteiger partial charge in [-0.25, -0.2) is 0 Å². The van der Waals surface area contributed by atoms with E-state index in [1.165, 1.54) is 5.57 Å². The first kappa shape index (κ1) is 13.9. The molecule has 1 aromatic rings. The van der Waals surface area contributed by atoms with Crippen molar-refractivity contribution in [1.29, 1.82) is 0 Å². The van der Waals surface area contributed by atoms with Crippen LogP contribution < -0.4 is 11.3 Å². The summed E-state index contributed by atoms with van der Waals surface area (Å²) < 4.78 is 5.55. The third-order valence-corrected chi connectivity index (χ3v) is 2.97. The molecule has 0 radical (unpaired) electrons. The number of methoxy groups -OCH3 is 1. The molecule has 3 N–H and O–H groups in total. The van der Waals surface area contributed by atoms with Gasteiger partial charge in [0.05, 0.1) is 12.1 Å². The van der Waals surface area contributed by atoms with Crippen molar-refractivity contribution in [1.82, 2.24) is 5.43 Å². The second kappa shape index (κ2) is 7.22. The summed E-state index contributed by atoms with van der Waals surface area (Å²) in [6, 6.07) is 10.1. The van der Waals surface area contributed by atoms with Gasteiger partial charge < -0.3 is 4.74 Å². The van der Waals surface area contributed by atoms with Crippen molar-refractivity contribution in [3.05, 3.63) is 48.0 Å². The van der Waals surface area contributed by atoms with Crippen molar-refractivity contribution >= 4 is 0 Å². The predicted octanol–water partition coefficient (Wildman–Crippen LogP) is 2.56. The van der Waals surface area contributed by atoms with Crippen LogP contribution in [0.4, 0.5) is 0 Å². The minimum Gasteiger partial charge on any atom is -0.375 e. The fourth-order valence-corrected chi connectivity index (χ4v) is 1.88. The zero-order valence-corrected chi connectivity index (χ0v) is 10.6. The lowest BCUT2D eigenvalue weighted by molar-refractivity contribution is 0.0677. The molecule has 0 bridgehead atoms. The number of hydrogen-bond donors (Lipinski definition) is 2. The molecule has 0 aromatic heterocycles. The Bertz CT molecular complexity index is 337. The first-order valence-corrected chi connectivity index (χ1v) is 5.93. The molecule has 3 nitrogen and oxygen atoms in total. The number of rotatable bonds is 7. The monoisotopic (exact) mass is 234 g/mol. The van der Waals surface area contributed by atoms with Crippen LogP contribution in [0.3, 0.4) is 0 Å². The normalized spacial score (nSPS) is 14.3. The second-order valence-corrected chi connectivity index (χ2v) is 4.15. The fraction of sp³-hybridized carbons (Fsp3) is 0.429. The van der Waals surface area contributed by atoms with E-state index >= 15 is 0 Å². The number of nitrogens with two attached hydrogens (primary N) is 1. The molecule has 0 saturated carbocycles. The standard InChI is InChI=1S/C14H22N2O/c1-4-11(2)10-13(16-15)14(17-3)12-8-6-5-7-9-12/h5-9,13-14,16H,2,4,10,15H2,1,3H3. The molecule has 0 spiro atoms. The zero-order valence-electron chi connectivity index (χ0n) is 10.6. The topological polar surface area (TPSA) is 47.3 Å². The van der Waals surface area contributed by atoms with Crippen LogP contribution in [0.5, 0.6) is 0 Å². The van der Waals surface area contributed by atoms with Gasteiger partial charge in [0.25, 0.3) is 0 Å². The van der Waals surface area contributed by atoms with E-state index in [4.69, 9.17) is 10.6 Å². The van der Waals surface area contributed by atoms with Crippen molar-refractivity contribution in [2.45, 2.75) is 31.9 Å². The van der Waals surface area contributed by atoms with Crippen molar-refractivity contribution in [2.75, 3.05) is 7.11 Å². The third-order valence-electron chi connectivity index (χ3n) is 2.97. The molecule has 1 aromatic carbocycles. The van der Waals surface area contributed by atoms with Crippen molar-refractivity contribution in [3.63, 3.8) is 0 Å². The van der Waals surface area contributed by atoms with Crippen molar-refractivity contribution in [3.8, 4) is 0 Å². The number of hydrazine groups is 1. The highest BCUT2D eigenvalue weighted by molar-refractivity contribution is 5.20. The first-order valence-electron chi connectivity index (χ1n) is 5.93. The van der Waals surface area contributed by atoms with Crippen LogP contribution in [-0.4, -0.2) is 13.2 Å². The average Bonchev–Trinajstić information content (AvgIpc) is 2.39. The van der Waals surface area contributed by atoms with Gasteiger partial charge in [-0.15, -0.1) is 0 Å². The molecule has 0 aliphatic rings. The fourth-order valence-electron chi connectivity index (χ4n) is 1.88. The second-order valence-electron chi connectivity index (χ2n) is 4.15. The predicted molar refractivity (Wildman–Crippen MR) is 71.4 cm³/mol. The Labute approximate surface area is 104 Å². The lowest BCUT2D eigenvalue weighted by Gasteiger charge is -2.26. The lowest BCUT2D eigenvalue weighted by Crippen LogP contribution is -2.40. The van der Waals surface area contributed by atoms with E-state index in [9.17, 15) is 0 Å². The number of hydrogen-bond acceptors (Lipinski definition) is 3. The molecule has 94 valence electrons. The van der Waals surface area contributed by atoms with Gasteiger partial charge in [0.2, 0.25) is 0 Å². The summed E-state index contributed by atoms with van der Waals surface area (Å²) in [7, 11) is 1.71. The highest BCUT2D eigenvalue weighted by Crippen LogP contribution is 2.24. The van der Waals surface area contributed by atoms with Gasteiger partial charge in [-0.3, -0.25) is 11.3 Å². The van der Waals surface area contributed by atoms with Gasteiger partial charge in [0, 0.05) is 7.11 Å². The Morgan fingerprint density at radius 2 is 2.06 bits per heavy atom. The van der Waals surface area contributed by atoms with Gasteiger partial charge in [0.1, 0.15) is 0 Å². The maximum Gasteiger partial charge on any atom is 0.0990 e. The average molecular weight is 234 g/mol. The van der Waals surface area contributed by atoms with Crippen LogP contribution in [-0.2, 0) is 4.74 Å². The summed E-state index contributed by atoms with van der Waals surface area (Å²) >= 11 is 0. The van der Waals surface area contributed by atoms with Gasteiger partial charge in [-0.05, 0) is 18.4 Å². The largest absolute Gasteiger partial charge is 0.375 e. The number of nitrogens with one attached hydrogen (secondary N) is 1. The third kappa shape index (κ3) is 3.97. The number of ether oxygens (including phenoxy) is 1. The van der Waals surface area contributed by atoms with E-state index in [2.05, 4.69) is 18.9 Å². The molecule has 0 aliphatic heterocycles. The summed E-state index contributed by atoms with van der Waals surface area (Å²) in [5, 5.41) is 0. The highest BCUT2D eigenvalue weighted by Gasteiger charge is 2.22. The molecule has 0 saturated heterocycles. The van der Waals surface area contributed by atoms with E-state index in [0.717, 1.165) is 18.4 Å². The van der Waals surface area contributed by atoms with E-state index in [0.29, 0.717) is 0 Å². The van der Waals surface area contributed by atoms with E-state index in [-0.39, 0.29) is 12.1 Å². The SMILES string of the molecule is C=C(CC)CC(NN)C(OC)c1ccccc1. The van der Waals surface area contributed by atoms with Gasteiger partial charge in [0.15, 0.2) is 0 Å². The van der Waals surface area contributed by atoms with Crippen LogP contribution in [0.1, 0.15) is 31.4 Å². The van der Waals surface area contributed by atoms with Crippen LogP contribution >= 0.6 is 0 Å². The minimum atomic E-state index is -0.0514. The van der Waals surface area contributed by atoms with Crippen LogP contribution in [0, 0.1) is 0 Å². The summed E-state index contributed by atoms with van der Waals surface area (Å²) in [4.78, 5) is 0. The maximum absolute atomic E-state index is 5.62. The van der Waals surface area contributed by atoms with E-state index in [1.807, 2.05) is 30.3 Å². The molecular formula is C14H22N2O. The lowest BCUT2D eigenvalue weighted by atomic mass is 9.96. The molecule has 17 heavy (non-hydrogen) atoms. The Hall–Kier alpha value is -1.16. The first-order chi connectivity index (χ1) is 8.22. The van der Waals surface area contributed by atoms with Crippen LogP contribution in [0.25, 0.3) is 0 Å². The summed E-state index contributed by atoms with van der Waals surface area (Å²) in [5.41, 5.74) is 5.13. The van der Waals surface area contributed by atoms with Crippen LogP contribution in [0.15, 0.2) is 42.5 Å². The quantitative estimate of drug-likeness (QED) is 0.433. The molecule has 2 atom stereocenters. The van der Waals surface area contributed by atoms with Crippen LogP contribution in [0.2, 0.25) is 0 Å². The summed E-state index contributed by atoms with van der Waals surface area (Å²) in [6.07, 6.45) is 1.73. The molecule has 1 rings (SSSR count). The van der Waals surface area contributed by atoms with E-state index in [1.54, 1.807) is 7.11 Å². The van der Waals surface area contributed by atoms with Crippen molar-refractivity contribution in [2.24, 2.45) is 5.84 Å². The molecular weight excluding hydrogens is 212 g/mol. The summed E-state index contributed by atoms with van der Waals surface area (Å²) in [6.45, 7) is 6.12. The van der Waals surface area contributed by atoms with Gasteiger partial charge >= 0.3 is 0 Å². The van der Waals surface area contributed by atoms with Gasteiger partial charge in [-0.1, -0.05) is 49.4 Å². The smallest absolute Gasteiger partial charge is 0.0990 e. The Kier molecular flexibility index (Phi) is 5.91. The van der Waals surface area contributed by atoms with E-state index < -0.39 is 0 Å².